The molecule has 0 N–H and O–H groups in total. The van der Waals surface area contributed by atoms with Crippen molar-refractivity contribution in [2.24, 2.45) is 0 Å². The minimum Gasteiger partial charge on any atom is -0.286 e. The van der Waals surface area contributed by atoms with Crippen molar-refractivity contribution in [2.45, 2.75) is 13.3 Å². The molecule has 0 bridgehead atoms. The lowest BCUT2D eigenvalue weighted by Gasteiger charge is -2.20. The lowest BCUT2D eigenvalue weighted by atomic mass is 10.5. The van der Waals surface area contributed by atoms with Crippen LogP contribution in [0.3, 0.4) is 0 Å². The van der Waals surface area contributed by atoms with Crippen LogP contribution in [-0.2, 0) is 17.0 Å². The Morgan fingerprint density at radius 3 is 2.67 bits per heavy atom. The molecule has 1 heterocycles. The van der Waals surface area contributed by atoms with Gasteiger partial charge in [0.15, 0.2) is 12.3 Å². The van der Waals surface area contributed by atoms with Gasteiger partial charge in [-0.05, 0) is 6.42 Å². The summed E-state index contributed by atoms with van der Waals surface area (Å²) in [4.78, 5) is 0. The van der Waals surface area contributed by atoms with E-state index in [1.54, 1.807) is 0 Å². The van der Waals surface area contributed by atoms with Crippen LogP contribution in [-0.4, -0.2) is 6.61 Å². The maximum absolute atomic E-state index is 10.7. The lowest BCUT2D eigenvalue weighted by molar-refractivity contribution is 0.194. The lowest BCUT2D eigenvalue weighted by Crippen LogP contribution is -2.00. The van der Waals surface area contributed by atoms with Crippen molar-refractivity contribution in [3.05, 3.63) is 0 Å². The maximum atomic E-state index is 10.7. The first-order chi connectivity index (χ1) is 4.27. The fraction of sp³-hybridized carbons (Fsp3) is 1.00. The zero-order chi connectivity index (χ0) is 6.74. The Hall–Kier alpha value is 0.460. The zero-order valence-corrected chi connectivity index (χ0v) is 6.61. The fourth-order valence-corrected chi connectivity index (χ4v) is 1.72. The van der Waals surface area contributed by atoms with E-state index < -0.39 is 7.82 Å². The highest BCUT2D eigenvalue weighted by atomic mass is 32.2. The topological polar surface area (TPSA) is 44.8 Å². The van der Waals surface area contributed by atoms with Crippen molar-refractivity contribution in [1.82, 2.24) is 0 Å². The fourth-order valence-electron chi connectivity index (χ4n) is 0.326. The molecule has 0 radical (unpaired) electrons. The van der Waals surface area contributed by atoms with E-state index >= 15 is 0 Å². The van der Waals surface area contributed by atoms with E-state index in [4.69, 9.17) is 4.52 Å². The van der Waals surface area contributed by atoms with Gasteiger partial charge in [0, 0.05) is 0 Å². The highest BCUT2D eigenvalue weighted by Gasteiger charge is 2.38. The summed E-state index contributed by atoms with van der Waals surface area (Å²) >= 11 is 0.706. The smallest absolute Gasteiger partial charge is 0.286 e. The van der Waals surface area contributed by atoms with Crippen LogP contribution in [0.5, 0.6) is 0 Å². The number of hydrogen-bond acceptors (Lipinski definition) is 5. The van der Waals surface area contributed by atoms with Crippen molar-refractivity contribution in [2.75, 3.05) is 6.61 Å². The third-order valence-corrected chi connectivity index (χ3v) is 3.14. The highest BCUT2D eigenvalue weighted by Crippen LogP contribution is 2.65. The summed E-state index contributed by atoms with van der Waals surface area (Å²) in [5, 5.41) is 0. The van der Waals surface area contributed by atoms with Gasteiger partial charge in [0.1, 0.15) is 0 Å². The van der Waals surface area contributed by atoms with Gasteiger partial charge in [-0.1, -0.05) is 6.92 Å². The van der Waals surface area contributed by atoms with E-state index in [-0.39, 0.29) is 0 Å². The summed E-state index contributed by atoms with van der Waals surface area (Å²) in [6.07, 6.45) is 0.807. The van der Waals surface area contributed by atoms with Crippen molar-refractivity contribution in [3.8, 4) is 0 Å². The zero-order valence-electron chi connectivity index (χ0n) is 4.90. The molecule has 1 saturated heterocycles. The minimum absolute atomic E-state index is 0.415. The van der Waals surface area contributed by atoms with E-state index in [2.05, 4.69) is 7.94 Å². The van der Waals surface area contributed by atoms with Crippen molar-refractivity contribution in [1.29, 1.82) is 0 Å². The van der Waals surface area contributed by atoms with Gasteiger partial charge < -0.3 is 0 Å². The Morgan fingerprint density at radius 2 is 2.33 bits per heavy atom. The Labute approximate surface area is 57.9 Å². The largest absolute Gasteiger partial charge is 0.501 e. The molecule has 54 valence electrons. The normalized spacial score (nSPS) is 23.2. The Kier molecular flexibility index (Phi) is 2.55. The summed E-state index contributed by atoms with van der Waals surface area (Å²) in [5.74, 6) is 0. The molecular formula is C3H7O4PS. The molecule has 1 aliphatic rings. The molecule has 0 amide bonds. The monoisotopic (exact) mass is 170 g/mol. The molecule has 0 aromatic rings. The first-order valence-electron chi connectivity index (χ1n) is 2.56. The standard InChI is InChI=1S/C3H7O4PS/c1-2-3-5-8(4)6-9-7-8/h2-3H2,1H3. The molecule has 1 rings (SSSR count). The third kappa shape index (κ3) is 1.95. The first kappa shape index (κ1) is 7.57. The molecule has 1 aliphatic heterocycles. The van der Waals surface area contributed by atoms with Crippen LogP contribution >= 0.6 is 20.1 Å². The molecule has 0 aromatic carbocycles. The Balaban J connectivity index is 2.18. The second-order valence-corrected chi connectivity index (χ2v) is 3.98. The predicted octanol–water partition coefficient (Wildman–Crippen LogP) is 2.13. The van der Waals surface area contributed by atoms with Crippen molar-refractivity contribution >= 4 is 20.1 Å². The van der Waals surface area contributed by atoms with Crippen LogP contribution < -0.4 is 0 Å². The molecule has 0 spiro atoms. The molecule has 0 saturated carbocycles. The average molecular weight is 170 g/mol. The van der Waals surface area contributed by atoms with Crippen LogP contribution in [0.2, 0.25) is 0 Å². The van der Waals surface area contributed by atoms with Crippen LogP contribution in [0.1, 0.15) is 13.3 Å². The van der Waals surface area contributed by atoms with Gasteiger partial charge >= 0.3 is 7.82 Å². The SMILES string of the molecule is CCCOP1(=O)OSO1. The molecule has 0 aliphatic carbocycles. The van der Waals surface area contributed by atoms with Gasteiger partial charge in [-0.25, -0.2) is 4.57 Å². The third-order valence-electron chi connectivity index (χ3n) is 0.697. The number of phosphoric acid groups is 1. The number of hydrogen-bond donors (Lipinski definition) is 0. The maximum Gasteiger partial charge on any atom is 0.501 e. The van der Waals surface area contributed by atoms with Crippen LogP contribution in [0.25, 0.3) is 0 Å². The summed E-state index contributed by atoms with van der Waals surface area (Å²) in [7, 11) is -3.05. The first-order valence-corrected chi connectivity index (χ1v) is 4.69. The molecular weight excluding hydrogens is 163 g/mol. The van der Waals surface area contributed by atoms with E-state index in [1.165, 1.54) is 0 Å². The molecule has 0 unspecified atom stereocenters. The van der Waals surface area contributed by atoms with E-state index in [9.17, 15) is 4.57 Å². The van der Waals surface area contributed by atoms with Gasteiger partial charge in [-0.15, -0.1) is 0 Å². The highest BCUT2D eigenvalue weighted by molar-refractivity contribution is 8.02. The van der Waals surface area contributed by atoms with Crippen LogP contribution in [0.15, 0.2) is 0 Å². The summed E-state index contributed by atoms with van der Waals surface area (Å²) in [6.45, 7) is 2.33. The van der Waals surface area contributed by atoms with Gasteiger partial charge in [0.2, 0.25) is 0 Å². The second-order valence-electron chi connectivity index (χ2n) is 1.50. The van der Waals surface area contributed by atoms with Crippen molar-refractivity contribution < 1.29 is 17.0 Å². The van der Waals surface area contributed by atoms with Gasteiger partial charge in [-0.2, -0.15) is 7.94 Å². The summed E-state index contributed by atoms with van der Waals surface area (Å²) in [5.41, 5.74) is 0. The Morgan fingerprint density at radius 1 is 1.67 bits per heavy atom. The molecule has 0 atom stereocenters. The second kappa shape index (κ2) is 3.03. The predicted molar refractivity (Wildman–Crippen MR) is 33.6 cm³/mol. The van der Waals surface area contributed by atoms with Gasteiger partial charge in [0.25, 0.3) is 0 Å². The van der Waals surface area contributed by atoms with Gasteiger partial charge in [0.05, 0.1) is 6.61 Å². The quantitative estimate of drug-likeness (QED) is 0.479. The Bertz CT molecular complexity index is 130. The van der Waals surface area contributed by atoms with Crippen LogP contribution in [0, 0.1) is 0 Å². The van der Waals surface area contributed by atoms with Gasteiger partial charge in [-0.3, -0.25) is 4.52 Å². The summed E-state index contributed by atoms with van der Waals surface area (Å²) in [6, 6.07) is 0. The van der Waals surface area contributed by atoms with E-state index in [0.717, 1.165) is 6.42 Å². The molecule has 1 fully saturated rings. The van der Waals surface area contributed by atoms with Crippen LogP contribution in [0.4, 0.5) is 0 Å². The molecule has 6 heteroatoms. The summed E-state index contributed by atoms with van der Waals surface area (Å²) < 4.78 is 24.3. The number of rotatable bonds is 3. The average Bonchev–Trinajstić information content (AvgIpc) is 1.79. The van der Waals surface area contributed by atoms with E-state index in [1.807, 2.05) is 6.92 Å². The van der Waals surface area contributed by atoms with E-state index in [0.29, 0.717) is 18.9 Å². The van der Waals surface area contributed by atoms with Crippen molar-refractivity contribution in [3.63, 3.8) is 0 Å². The minimum atomic E-state index is -3.05. The molecule has 4 nitrogen and oxygen atoms in total. The molecule has 0 aromatic heterocycles. The molecule has 9 heavy (non-hydrogen) atoms.